The van der Waals surface area contributed by atoms with Crippen molar-refractivity contribution in [3.05, 3.63) is 35.8 Å². The van der Waals surface area contributed by atoms with Gasteiger partial charge < -0.3 is 15.4 Å². The van der Waals surface area contributed by atoms with Crippen molar-refractivity contribution < 1.29 is 14.3 Å². The summed E-state index contributed by atoms with van der Waals surface area (Å²) >= 11 is 0. The lowest BCUT2D eigenvalue weighted by Crippen LogP contribution is -2.30. The average molecular weight is 248 g/mol. The quantitative estimate of drug-likeness (QED) is 0.700. The van der Waals surface area contributed by atoms with Crippen molar-refractivity contribution in [2.75, 3.05) is 6.54 Å². The Labute approximate surface area is 103 Å². The summed E-state index contributed by atoms with van der Waals surface area (Å²) < 4.78 is 13.0. The molecule has 0 bridgehead atoms. The van der Waals surface area contributed by atoms with Crippen molar-refractivity contribution in [1.82, 2.24) is 10.3 Å². The maximum absolute atomic E-state index is 13.0. The summed E-state index contributed by atoms with van der Waals surface area (Å²) in [7, 11) is 0. The van der Waals surface area contributed by atoms with Crippen molar-refractivity contribution in [2.24, 2.45) is 0 Å². The first-order chi connectivity index (χ1) is 8.65. The first-order valence-corrected chi connectivity index (χ1v) is 5.87. The Balaban J connectivity index is 1.97. The van der Waals surface area contributed by atoms with Gasteiger partial charge in [-0.15, -0.1) is 0 Å². The van der Waals surface area contributed by atoms with E-state index in [-0.39, 0.29) is 17.6 Å². The van der Waals surface area contributed by atoms with E-state index in [4.69, 9.17) is 0 Å². The molecule has 94 valence electrons. The lowest BCUT2D eigenvalue weighted by atomic mass is 10.0. The fourth-order valence-electron chi connectivity index (χ4n) is 2.41. The number of halogens is 1. The number of benzene rings is 1. The number of aromatic nitrogens is 1. The molecule has 1 saturated heterocycles. The molecule has 5 heteroatoms. The number of carbonyl (C=O) groups is 1. The second-order valence-corrected chi connectivity index (χ2v) is 4.61. The number of carbonyl (C=O) groups excluding carboxylic acids is 1. The summed E-state index contributed by atoms with van der Waals surface area (Å²) in [6.07, 6.45) is 1.55. The van der Waals surface area contributed by atoms with Crippen molar-refractivity contribution in [3.8, 4) is 0 Å². The van der Waals surface area contributed by atoms with Gasteiger partial charge in [-0.25, -0.2) is 4.39 Å². The van der Waals surface area contributed by atoms with Crippen molar-refractivity contribution >= 4 is 16.7 Å². The highest BCUT2D eigenvalue weighted by Gasteiger charge is 2.29. The summed E-state index contributed by atoms with van der Waals surface area (Å²) in [5, 5.41) is 13.1. The zero-order valence-corrected chi connectivity index (χ0v) is 9.61. The average Bonchev–Trinajstić information content (AvgIpc) is 2.94. The Morgan fingerprint density at radius 1 is 1.44 bits per heavy atom. The topological polar surface area (TPSA) is 65.1 Å². The Hall–Kier alpha value is -1.72. The van der Waals surface area contributed by atoms with E-state index in [9.17, 15) is 14.3 Å². The molecule has 3 N–H and O–H groups in total. The van der Waals surface area contributed by atoms with Gasteiger partial charge in [-0.1, -0.05) is 0 Å². The summed E-state index contributed by atoms with van der Waals surface area (Å²) in [6, 6.07) is 3.94. The van der Waals surface area contributed by atoms with E-state index < -0.39 is 6.10 Å². The highest BCUT2D eigenvalue weighted by molar-refractivity contribution is 6.10. The van der Waals surface area contributed by atoms with Crippen LogP contribution < -0.4 is 5.32 Å². The van der Waals surface area contributed by atoms with Crippen LogP contribution in [0.15, 0.2) is 24.4 Å². The zero-order chi connectivity index (χ0) is 12.7. The van der Waals surface area contributed by atoms with Gasteiger partial charge in [-0.3, -0.25) is 4.79 Å². The van der Waals surface area contributed by atoms with Crippen LogP contribution in [0.1, 0.15) is 16.8 Å². The molecule has 1 fully saturated rings. The van der Waals surface area contributed by atoms with Gasteiger partial charge in [0.1, 0.15) is 5.82 Å². The molecule has 0 aliphatic carbocycles. The second kappa shape index (κ2) is 4.19. The van der Waals surface area contributed by atoms with Crippen LogP contribution in [0.4, 0.5) is 4.39 Å². The van der Waals surface area contributed by atoms with Gasteiger partial charge in [0.25, 0.3) is 0 Å². The van der Waals surface area contributed by atoms with E-state index in [1.54, 1.807) is 12.3 Å². The number of rotatable bonds is 2. The first kappa shape index (κ1) is 11.4. The molecule has 1 aliphatic heterocycles. The molecule has 0 amide bonds. The standard InChI is InChI=1S/C13H13FN2O2/c14-7-1-2-9-10(6-16-11(9)3-7)13(18)12-4-8(17)5-15-12/h1-3,6,8,12,15-17H,4-5H2. The third-order valence-corrected chi connectivity index (χ3v) is 3.33. The van der Waals surface area contributed by atoms with E-state index in [1.165, 1.54) is 12.1 Å². The molecule has 2 unspecified atom stereocenters. The minimum atomic E-state index is -0.471. The molecule has 2 atom stereocenters. The van der Waals surface area contributed by atoms with Gasteiger partial charge in [0.05, 0.1) is 12.1 Å². The smallest absolute Gasteiger partial charge is 0.181 e. The summed E-state index contributed by atoms with van der Waals surface area (Å²) in [5.74, 6) is -0.401. The number of hydrogen-bond donors (Lipinski definition) is 3. The number of fused-ring (bicyclic) bond motifs is 1. The highest BCUT2D eigenvalue weighted by atomic mass is 19.1. The van der Waals surface area contributed by atoms with Crippen LogP contribution >= 0.6 is 0 Å². The Bertz CT molecular complexity index is 608. The minimum Gasteiger partial charge on any atom is -0.392 e. The second-order valence-electron chi connectivity index (χ2n) is 4.61. The molecule has 3 rings (SSSR count). The molecule has 18 heavy (non-hydrogen) atoms. The summed E-state index contributed by atoms with van der Waals surface area (Å²) in [4.78, 5) is 15.2. The van der Waals surface area contributed by atoms with Crippen molar-refractivity contribution in [1.29, 1.82) is 0 Å². The predicted octanol–water partition coefficient (Wildman–Crippen LogP) is 1.21. The third-order valence-electron chi connectivity index (χ3n) is 3.33. The van der Waals surface area contributed by atoms with Gasteiger partial charge in [0.2, 0.25) is 0 Å². The van der Waals surface area contributed by atoms with Crippen LogP contribution in [0.5, 0.6) is 0 Å². The first-order valence-electron chi connectivity index (χ1n) is 5.87. The van der Waals surface area contributed by atoms with Crippen molar-refractivity contribution in [3.63, 3.8) is 0 Å². The maximum Gasteiger partial charge on any atom is 0.181 e. The van der Waals surface area contributed by atoms with Gasteiger partial charge in [0.15, 0.2) is 5.78 Å². The molecule has 4 nitrogen and oxygen atoms in total. The number of ketones is 1. The molecule has 0 radical (unpaired) electrons. The fraction of sp³-hybridized carbons (Fsp3) is 0.308. The lowest BCUT2D eigenvalue weighted by molar-refractivity contribution is 0.0944. The fourth-order valence-corrected chi connectivity index (χ4v) is 2.41. The molecule has 1 aromatic carbocycles. The number of aliphatic hydroxyl groups excluding tert-OH is 1. The SMILES string of the molecule is O=C(c1c[nH]c2cc(F)ccc12)C1CC(O)CN1. The van der Waals surface area contributed by atoms with Crippen LogP contribution in [0.3, 0.4) is 0 Å². The third kappa shape index (κ3) is 1.81. The van der Waals surface area contributed by atoms with Gasteiger partial charge >= 0.3 is 0 Å². The molecule has 1 aromatic heterocycles. The van der Waals surface area contributed by atoms with E-state index in [1.807, 2.05) is 0 Å². The summed E-state index contributed by atoms with van der Waals surface area (Å²) in [5.41, 5.74) is 1.15. The Morgan fingerprint density at radius 3 is 3.00 bits per heavy atom. The minimum absolute atomic E-state index is 0.0654. The van der Waals surface area contributed by atoms with Gasteiger partial charge in [-0.05, 0) is 24.6 Å². The Morgan fingerprint density at radius 2 is 2.28 bits per heavy atom. The molecule has 2 aromatic rings. The molecule has 1 aliphatic rings. The zero-order valence-electron chi connectivity index (χ0n) is 9.61. The van der Waals surface area contributed by atoms with Crippen LogP contribution in [0.2, 0.25) is 0 Å². The Kier molecular flexibility index (Phi) is 2.65. The van der Waals surface area contributed by atoms with Crippen LogP contribution in [0.25, 0.3) is 10.9 Å². The van der Waals surface area contributed by atoms with Crippen LogP contribution in [-0.2, 0) is 0 Å². The normalized spacial score (nSPS) is 23.7. The van der Waals surface area contributed by atoms with Crippen LogP contribution in [0, 0.1) is 5.82 Å². The van der Waals surface area contributed by atoms with Crippen molar-refractivity contribution in [2.45, 2.75) is 18.6 Å². The maximum atomic E-state index is 13.0. The highest BCUT2D eigenvalue weighted by Crippen LogP contribution is 2.22. The number of β-amino-alcohol motifs (C(OH)–C–C–N with tert-alkyl or cyclic N) is 1. The molecular formula is C13H13FN2O2. The number of aliphatic hydroxyl groups is 1. The number of aromatic amines is 1. The van der Waals surface area contributed by atoms with E-state index in [2.05, 4.69) is 10.3 Å². The molecule has 0 spiro atoms. The monoisotopic (exact) mass is 248 g/mol. The van der Waals surface area contributed by atoms with E-state index in [0.717, 1.165) is 0 Å². The van der Waals surface area contributed by atoms with E-state index in [0.29, 0.717) is 29.4 Å². The predicted molar refractivity (Wildman–Crippen MR) is 65.0 cm³/mol. The molecular weight excluding hydrogens is 235 g/mol. The van der Waals surface area contributed by atoms with E-state index >= 15 is 0 Å². The number of Topliss-reactive ketones (excluding diaryl/α,β-unsaturated/α-hetero) is 1. The number of nitrogens with one attached hydrogen (secondary N) is 2. The van der Waals surface area contributed by atoms with Gasteiger partial charge in [-0.2, -0.15) is 0 Å². The summed E-state index contributed by atoms with van der Waals surface area (Å²) in [6.45, 7) is 0.438. The number of H-pyrrole nitrogens is 1. The van der Waals surface area contributed by atoms with Gasteiger partial charge in [0, 0.05) is 29.2 Å². The number of hydrogen-bond acceptors (Lipinski definition) is 3. The lowest BCUT2D eigenvalue weighted by Gasteiger charge is -2.07. The largest absolute Gasteiger partial charge is 0.392 e. The molecule has 0 saturated carbocycles. The molecule has 2 heterocycles. The van der Waals surface area contributed by atoms with Crippen LogP contribution in [-0.4, -0.2) is 34.6 Å².